The van der Waals surface area contributed by atoms with Crippen LogP contribution < -0.4 is 11.2 Å². The number of rotatable bonds is 7. The number of aromatic amines is 1. The molecule has 0 saturated carbocycles. The van der Waals surface area contributed by atoms with Crippen LogP contribution in [0.3, 0.4) is 0 Å². The third-order valence-electron chi connectivity index (χ3n) is 4.05. The quantitative estimate of drug-likeness (QED) is 0.370. The molecule has 0 amide bonds. The average Bonchev–Trinajstić information content (AvgIpc) is 2.98. The summed E-state index contributed by atoms with van der Waals surface area (Å²) in [6, 6.07) is 0. The van der Waals surface area contributed by atoms with E-state index < -0.39 is 54.1 Å². The van der Waals surface area contributed by atoms with Crippen molar-refractivity contribution < 1.29 is 34.0 Å². The van der Waals surface area contributed by atoms with E-state index in [9.17, 15) is 24.3 Å². The highest BCUT2D eigenvalue weighted by atomic mass is 16.6. The lowest BCUT2D eigenvalue weighted by Gasteiger charge is -2.18. The molecule has 150 valence electrons. The van der Waals surface area contributed by atoms with Crippen LogP contribution >= 0.6 is 0 Å². The average molecular weight is 386 g/mol. The Morgan fingerprint density at radius 1 is 1.30 bits per heavy atom. The monoisotopic (exact) mass is 386 g/mol. The summed E-state index contributed by atoms with van der Waals surface area (Å²) in [6.45, 7) is 2.56. The summed E-state index contributed by atoms with van der Waals surface area (Å²) >= 11 is 0. The van der Waals surface area contributed by atoms with Crippen molar-refractivity contribution in [2.45, 2.75) is 44.6 Å². The van der Waals surface area contributed by atoms with E-state index in [-0.39, 0.29) is 25.2 Å². The van der Waals surface area contributed by atoms with Crippen LogP contribution in [0.2, 0.25) is 0 Å². The molecule has 3 atom stereocenters. The molecule has 1 aliphatic heterocycles. The second-order valence-corrected chi connectivity index (χ2v) is 5.80. The summed E-state index contributed by atoms with van der Waals surface area (Å²) in [5.74, 6) is -3.67. The third kappa shape index (κ3) is 4.43. The molecule has 0 bridgehead atoms. The Labute approximate surface area is 153 Å². The maximum Gasteiger partial charge on any atom is 0.330 e. The van der Waals surface area contributed by atoms with Crippen molar-refractivity contribution in [3.8, 4) is 0 Å². The van der Waals surface area contributed by atoms with E-state index in [0.29, 0.717) is 0 Å². The van der Waals surface area contributed by atoms with Crippen molar-refractivity contribution in [3.05, 3.63) is 32.6 Å². The van der Waals surface area contributed by atoms with E-state index in [0.717, 1.165) is 10.8 Å². The SMILES string of the molecule is CCOC(=O)C(C(=O)OCC)c1cn([C@H]2C[C@@H](O)[C@@H](CO)O2)c(=O)[nH]c1=O. The van der Waals surface area contributed by atoms with Crippen LogP contribution in [0.1, 0.15) is 38.0 Å². The molecule has 11 heteroatoms. The second-order valence-electron chi connectivity index (χ2n) is 5.80. The van der Waals surface area contributed by atoms with Gasteiger partial charge in [0, 0.05) is 12.6 Å². The fourth-order valence-corrected chi connectivity index (χ4v) is 2.77. The molecule has 1 saturated heterocycles. The van der Waals surface area contributed by atoms with Gasteiger partial charge in [-0.15, -0.1) is 0 Å². The highest BCUT2D eigenvalue weighted by molar-refractivity contribution is 6.00. The van der Waals surface area contributed by atoms with Crippen molar-refractivity contribution in [2.24, 2.45) is 0 Å². The number of carbonyl (C=O) groups is 2. The number of aliphatic hydroxyl groups is 2. The van der Waals surface area contributed by atoms with Crippen LogP contribution in [-0.4, -0.2) is 63.7 Å². The van der Waals surface area contributed by atoms with Crippen molar-refractivity contribution in [3.63, 3.8) is 0 Å². The highest BCUT2D eigenvalue weighted by Crippen LogP contribution is 2.28. The maximum atomic E-state index is 12.2. The van der Waals surface area contributed by atoms with Crippen LogP contribution in [0.4, 0.5) is 0 Å². The first-order valence-corrected chi connectivity index (χ1v) is 8.46. The molecule has 2 rings (SSSR count). The van der Waals surface area contributed by atoms with Gasteiger partial charge in [0.15, 0.2) is 5.92 Å². The van der Waals surface area contributed by atoms with E-state index in [2.05, 4.69) is 0 Å². The molecule has 27 heavy (non-hydrogen) atoms. The van der Waals surface area contributed by atoms with Crippen molar-refractivity contribution >= 4 is 11.9 Å². The lowest BCUT2D eigenvalue weighted by molar-refractivity contribution is -0.157. The summed E-state index contributed by atoms with van der Waals surface area (Å²) < 4.78 is 16.0. The smallest absolute Gasteiger partial charge is 0.330 e. The van der Waals surface area contributed by atoms with E-state index in [1.807, 2.05) is 4.98 Å². The van der Waals surface area contributed by atoms with Gasteiger partial charge in [0.05, 0.1) is 31.5 Å². The van der Waals surface area contributed by atoms with Crippen LogP contribution in [0, 0.1) is 0 Å². The first-order chi connectivity index (χ1) is 12.8. The molecular weight excluding hydrogens is 364 g/mol. The number of H-pyrrole nitrogens is 1. The summed E-state index contributed by atoms with van der Waals surface area (Å²) in [7, 11) is 0. The van der Waals surface area contributed by atoms with Gasteiger partial charge in [-0.3, -0.25) is 23.9 Å². The largest absolute Gasteiger partial charge is 0.465 e. The minimum Gasteiger partial charge on any atom is -0.465 e. The summed E-state index contributed by atoms with van der Waals surface area (Å²) in [4.78, 5) is 50.8. The molecule has 0 radical (unpaired) electrons. The van der Waals surface area contributed by atoms with E-state index in [1.54, 1.807) is 0 Å². The Hall–Kier alpha value is -2.50. The van der Waals surface area contributed by atoms with Gasteiger partial charge < -0.3 is 24.4 Å². The van der Waals surface area contributed by atoms with E-state index in [4.69, 9.17) is 19.3 Å². The van der Waals surface area contributed by atoms with Gasteiger partial charge in [-0.1, -0.05) is 0 Å². The number of nitrogens with zero attached hydrogens (tertiary/aromatic N) is 1. The lowest BCUT2D eigenvalue weighted by atomic mass is 10.0. The first-order valence-electron chi connectivity index (χ1n) is 8.46. The van der Waals surface area contributed by atoms with Gasteiger partial charge in [0.25, 0.3) is 5.56 Å². The van der Waals surface area contributed by atoms with Crippen LogP contribution in [-0.2, 0) is 23.8 Å². The summed E-state index contributed by atoms with van der Waals surface area (Å²) in [5, 5.41) is 19.0. The normalized spacial score (nSPS) is 22.0. The van der Waals surface area contributed by atoms with Crippen LogP contribution in [0.15, 0.2) is 15.8 Å². The number of ether oxygens (including phenoxy) is 3. The lowest BCUT2D eigenvalue weighted by Crippen LogP contribution is -2.38. The topological polar surface area (TPSA) is 157 Å². The third-order valence-corrected chi connectivity index (χ3v) is 4.05. The minimum absolute atomic E-state index is 0.0254. The van der Waals surface area contributed by atoms with Gasteiger partial charge in [0.1, 0.15) is 12.3 Å². The Kier molecular flexibility index (Phi) is 6.88. The molecule has 0 spiro atoms. The minimum atomic E-state index is -1.68. The predicted molar refractivity (Wildman–Crippen MR) is 88.9 cm³/mol. The fourth-order valence-electron chi connectivity index (χ4n) is 2.77. The summed E-state index contributed by atoms with van der Waals surface area (Å²) in [5.41, 5.74) is -2.15. The second kappa shape index (κ2) is 8.93. The number of aliphatic hydroxyl groups excluding tert-OH is 2. The standard InChI is InChI=1S/C16H22N2O9/c1-3-25-14(22)12(15(23)26-4-2)8-6-18(16(24)17-13(8)21)11-5-9(20)10(7-19)27-11/h6,9-12,19-20H,3-5,7H2,1-2H3,(H,17,21,24)/t9-,10-,11-/m1/s1. The fraction of sp³-hybridized carbons (Fsp3) is 0.625. The number of carbonyl (C=O) groups excluding carboxylic acids is 2. The Bertz CT molecular complexity index is 782. The van der Waals surface area contributed by atoms with Gasteiger partial charge in [0.2, 0.25) is 0 Å². The van der Waals surface area contributed by atoms with Gasteiger partial charge in [-0.25, -0.2) is 4.79 Å². The Balaban J connectivity index is 2.48. The maximum absolute atomic E-state index is 12.2. The molecule has 1 aromatic rings. The predicted octanol–water partition coefficient (Wildman–Crippen LogP) is -1.61. The molecule has 1 aromatic heterocycles. The number of esters is 2. The number of hydrogen-bond acceptors (Lipinski definition) is 9. The van der Waals surface area contributed by atoms with Crippen LogP contribution in [0.25, 0.3) is 0 Å². The van der Waals surface area contributed by atoms with Crippen molar-refractivity contribution in [2.75, 3.05) is 19.8 Å². The molecule has 1 fully saturated rings. The molecule has 0 aromatic carbocycles. The molecule has 2 heterocycles. The summed E-state index contributed by atoms with van der Waals surface area (Å²) in [6.07, 6.45) is -1.93. The Morgan fingerprint density at radius 3 is 2.37 bits per heavy atom. The Morgan fingerprint density at radius 2 is 1.89 bits per heavy atom. The van der Waals surface area contributed by atoms with Crippen molar-refractivity contribution in [1.29, 1.82) is 0 Å². The van der Waals surface area contributed by atoms with Crippen molar-refractivity contribution in [1.82, 2.24) is 9.55 Å². The van der Waals surface area contributed by atoms with Crippen LogP contribution in [0.5, 0.6) is 0 Å². The van der Waals surface area contributed by atoms with Gasteiger partial charge in [-0.05, 0) is 13.8 Å². The molecular formula is C16H22N2O9. The highest BCUT2D eigenvalue weighted by Gasteiger charge is 2.38. The molecule has 1 aliphatic rings. The molecule has 0 aliphatic carbocycles. The molecule has 0 unspecified atom stereocenters. The number of nitrogens with one attached hydrogen (secondary N) is 1. The van der Waals surface area contributed by atoms with Gasteiger partial charge in [-0.2, -0.15) is 0 Å². The van der Waals surface area contributed by atoms with E-state index >= 15 is 0 Å². The molecule has 3 N–H and O–H groups in total. The number of aromatic nitrogens is 2. The molecule has 11 nitrogen and oxygen atoms in total. The number of hydrogen-bond donors (Lipinski definition) is 3. The first kappa shape index (κ1) is 20.8. The zero-order valence-electron chi connectivity index (χ0n) is 14.9. The zero-order chi connectivity index (χ0) is 20.1. The van der Waals surface area contributed by atoms with Gasteiger partial charge >= 0.3 is 17.6 Å². The van der Waals surface area contributed by atoms with E-state index in [1.165, 1.54) is 13.8 Å². The zero-order valence-corrected chi connectivity index (χ0v) is 14.9.